The summed E-state index contributed by atoms with van der Waals surface area (Å²) < 4.78 is 18.7. The molecule has 0 bridgehead atoms. The number of carbonyl (C=O) groups is 1. The number of methoxy groups -OCH3 is 1. The van der Waals surface area contributed by atoms with E-state index >= 15 is 0 Å². The highest BCUT2D eigenvalue weighted by Gasteiger charge is 2.11. The van der Waals surface area contributed by atoms with E-state index in [1.807, 2.05) is 24.3 Å². The van der Waals surface area contributed by atoms with Crippen molar-refractivity contribution in [2.45, 2.75) is 6.42 Å². The van der Waals surface area contributed by atoms with Gasteiger partial charge in [0, 0.05) is 6.54 Å². The first-order chi connectivity index (χ1) is 13.2. The Morgan fingerprint density at radius 2 is 1.81 bits per heavy atom. The molecule has 1 aromatic heterocycles. The molecule has 0 unspecified atom stereocenters. The number of rotatable bonds is 7. The zero-order chi connectivity index (χ0) is 19.1. The van der Waals surface area contributed by atoms with Gasteiger partial charge in [-0.1, -0.05) is 24.3 Å². The first-order valence-corrected chi connectivity index (χ1v) is 8.42. The number of ether oxygens (including phenoxy) is 1. The average Bonchev–Trinajstić information content (AvgIpc) is 2.71. The molecule has 6 nitrogen and oxygen atoms in total. The topological polar surface area (TPSA) is 76.1 Å². The molecule has 0 radical (unpaired) electrons. The van der Waals surface area contributed by atoms with Crippen LogP contribution in [0.2, 0.25) is 0 Å². The second-order valence-corrected chi connectivity index (χ2v) is 5.76. The highest BCUT2D eigenvalue weighted by atomic mass is 19.1. The molecule has 7 heteroatoms. The van der Waals surface area contributed by atoms with Crippen LogP contribution in [0.1, 0.15) is 16.1 Å². The molecule has 3 aromatic rings. The van der Waals surface area contributed by atoms with Crippen molar-refractivity contribution in [3.63, 3.8) is 0 Å². The Kier molecular flexibility index (Phi) is 5.94. The number of benzene rings is 2. The van der Waals surface area contributed by atoms with Crippen molar-refractivity contribution in [3.05, 3.63) is 77.7 Å². The number of carbonyl (C=O) groups excluding carboxylic acids is 1. The summed E-state index contributed by atoms with van der Waals surface area (Å²) in [7, 11) is 1.63. The molecule has 0 fully saturated rings. The Hall–Kier alpha value is -3.48. The van der Waals surface area contributed by atoms with Crippen molar-refractivity contribution in [2.75, 3.05) is 24.3 Å². The third kappa shape index (κ3) is 5.01. The number of aromatic nitrogens is 2. The summed E-state index contributed by atoms with van der Waals surface area (Å²) in [5.74, 6) is 0.362. The number of nitrogens with zero attached hydrogens (tertiary/aromatic N) is 2. The van der Waals surface area contributed by atoms with Crippen LogP contribution >= 0.6 is 0 Å². The summed E-state index contributed by atoms with van der Waals surface area (Å²) in [5, 5.41) is 13.5. The van der Waals surface area contributed by atoms with E-state index < -0.39 is 11.7 Å². The molecular formula is C20H19FN4O2. The molecule has 0 atom stereocenters. The summed E-state index contributed by atoms with van der Waals surface area (Å²) in [6, 6.07) is 17.0. The number of para-hydroxylation sites is 1. The lowest BCUT2D eigenvalue weighted by molar-refractivity contribution is 0.102. The van der Waals surface area contributed by atoms with Crippen LogP contribution in [-0.4, -0.2) is 29.8 Å². The number of amides is 1. The molecule has 0 aliphatic heterocycles. The van der Waals surface area contributed by atoms with Gasteiger partial charge in [0.2, 0.25) is 0 Å². The summed E-state index contributed by atoms with van der Waals surface area (Å²) >= 11 is 0. The minimum atomic E-state index is -0.516. The van der Waals surface area contributed by atoms with Gasteiger partial charge in [-0.05, 0) is 48.4 Å². The van der Waals surface area contributed by atoms with Gasteiger partial charge in [0.1, 0.15) is 17.4 Å². The van der Waals surface area contributed by atoms with E-state index in [0.29, 0.717) is 12.4 Å². The molecule has 0 saturated heterocycles. The van der Waals surface area contributed by atoms with Gasteiger partial charge in [-0.15, -0.1) is 10.2 Å². The quantitative estimate of drug-likeness (QED) is 0.669. The lowest BCUT2D eigenvalue weighted by Gasteiger charge is -2.07. The highest BCUT2D eigenvalue weighted by Crippen LogP contribution is 2.14. The Bertz CT molecular complexity index is 899. The van der Waals surface area contributed by atoms with Crippen LogP contribution in [-0.2, 0) is 6.42 Å². The number of hydrogen-bond donors (Lipinski definition) is 2. The summed E-state index contributed by atoms with van der Waals surface area (Å²) in [6.07, 6.45) is 0.807. The van der Waals surface area contributed by atoms with E-state index in [1.165, 1.54) is 12.1 Å². The highest BCUT2D eigenvalue weighted by molar-refractivity contribution is 6.02. The maximum Gasteiger partial charge on any atom is 0.276 e. The third-order valence-electron chi connectivity index (χ3n) is 3.90. The SMILES string of the molecule is COc1ccc(CCNc2ccc(C(=O)Nc3ccccc3F)nn2)cc1. The third-order valence-corrected chi connectivity index (χ3v) is 3.90. The minimum absolute atomic E-state index is 0.103. The Morgan fingerprint density at radius 3 is 2.48 bits per heavy atom. The second-order valence-electron chi connectivity index (χ2n) is 5.76. The Labute approximate surface area is 156 Å². The van der Waals surface area contributed by atoms with Gasteiger partial charge in [-0.25, -0.2) is 4.39 Å². The second kappa shape index (κ2) is 8.75. The largest absolute Gasteiger partial charge is 0.497 e. The van der Waals surface area contributed by atoms with Gasteiger partial charge in [0.05, 0.1) is 12.8 Å². The van der Waals surface area contributed by atoms with Crippen LogP contribution in [0.3, 0.4) is 0 Å². The number of hydrogen-bond acceptors (Lipinski definition) is 5. The van der Waals surface area contributed by atoms with Crippen molar-refractivity contribution >= 4 is 17.4 Å². The van der Waals surface area contributed by atoms with Gasteiger partial charge in [0.25, 0.3) is 5.91 Å². The minimum Gasteiger partial charge on any atom is -0.497 e. The first kappa shape index (κ1) is 18.3. The number of nitrogens with one attached hydrogen (secondary N) is 2. The van der Waals surface area contributed by atoms with Crippen molar-refractivity contribution < 1.29 is 13.9 Å². The molecule has 138 valence electrons. The van der Waals surface area contributed by atoms with Crippen LogP contribution in [0, 0.1) is 5.82 Å². The van der Waals surface area contributed by atoms with E-state index in [0.717, 1.165) is 17.7 Å². The summed E-state index contributed by atoms with van der Waals surface area (Å²) in [5.41, 5.74) is 1.38. The van der Waals surface area contributed by atoms with Gasteiger partial charge >= 0.3 is 0 Å². The van der Waals surface area contributed by atoms with Gasteiger partial charge < -0.3 is 15.4 Å². The molecule has 0 aliphatic carbocycles. The normalized spacial score (nSPS) is 10.3. The van der Waals surface area contributed by atoms with E-state index in [4.69, 9.17) is 4.74 Å². The molecule has 1 amide bonds. The first-order valence-electron chi connectivity index (χ1n) is 8.42. The predicted molar refractivity (Wildman–Crippen MR) is 102 cm³/mol. The number of anilines is 2. The lowest BCUT2D eigenvalue weighted by atomic mass is 10.1. The summed E-state index contributed by atoms with van der Waals surface area (Å²) in [6.45, 7) is 0.668. The van der Waals surface area contributed by atoms with E-state index in [1.54, 1.807) is 31.4 Å². The molecule has 0 aliphatic rings. The predicted octanol–water partition coefficient (Wildman–Crippen LogP) is 3.53. The van der Waals surface area contributed by atoms with Gasteiger partial charge in [-0.2, -0.15) is 0 Å². The van der Waals surface area contributed by atoms with E-state index in [2.05, 4.69) is 20.8 Å². The van der Waals surface area contributed by atoms with Crippen LogP contribution in [0.25, 0.3) is 0 Å². The van der Waals surface area contributed by atoms with Crippen LogP contribution in [0.5, 0.6) is 5.75 Å². The van der Waals surface area contributed by atoms with Crippen molar-refractivity contribution in [1.29, 1.82) is 0 Å². The zero-order valence-electron chi connectivity index (χ0n) is 14.8. The van der Waals surface area contributed by atoms with Crippen LogP contribution in [0.15, 0.2) is 60.7 Å². The van der Waals surface area contributed by atoms with Gasteiger partial charge in [0.15, 0.2) is 5.69 Å². The van der Waals surface area contributed by atoms with Gasteiger partial charge in [-0.3, -0.25) is 4.79 Å². The fraction of sp³-hybridized carbons (Fsp3) is 0.150. The standard InChI is InChI=1S/C20H19FN4O2/c1-27-15-8-6-14(7-9-15)12-13-22-19-11-10-18(24-25-19)20(26)23-17-5-3-2-4-16(17)21/h2-11H,12-13H2,1H3,(H,22,25)(H,23,26). The maximum atomic E-state index is 13.6. The van der Waals surface area contributed by atoms with Crippen LogP contribution < -0.4 is 15.4 Å². The molecule has 0 spiro atoms. The van der Waals surface area contributed by atoms with E-state index in [-0.39, 0.29) is 11.4 Å². The monoisotopic (exact) mass is 366 g/mol. The smallest absolute Gasteiger partial charge is 0.276 e. The molecular weight excluding hydrogens is 347 g/mol. The van der Waals surface area contributed by atoms with Crippen LogP contribution in [0.4, 0.5) is 15.9 Å². The maximum absolute atomic E-state index is 13.6. The van der Waals surface area contributed by atoms with Crippen molar-refractivity contribution in [1.82, 2.24) is 10.2 Å². The molecule has 2 N–H and O–H groups in total. The fourth-order valence-corrected chi connectivity index (χ4v) is 2.42. The van der Waals surface area contributed by atoms with E-state index in [9.17, 15) is 9.18 Å². The lowest BCUT2D eigenvalue weighted by Crippen LogP contribution is -2.16. The fourth-order valence-electron chi connectivity index (χ4n) is 2.42. The molecule has 0 saturated carbocycles. The molecule has 2 aromatic carbocycles. The van der Waals surface area contributed by atoms with Crippen molar-refractivity contribution in [2.24, 2.45) is 0 Å². The molecule has 3 rings (SSSR count). The Morgan fingerprint density at radius 1 is 1.04 bits per heavy atom. The molecule has 1 heterocycles. The van der Waals surface area contributed by atoms with Crippen molar-refractivity contribution in [3.8, 4) is 5.75 Å². The zero-order valence-corrected chi connectivity index (χ0v) is 14.8. The average molecular weight is 366 g/mol. The Balaban J connectivity index is 1.52. The molecule has 27 heavy (non-hydrogen) atoms. The number of halogens is 1. The summed E-state index contributed by atoms with van der Waals surface area (Å²) in [4.78, 5) is 12.1.